The van der Waals surface area contributed by atoms with Crippen molar-refractivity contribution in [3.63, 3.8) is 0 Å². The SMILES string of the molecule is C=CC(=O)OC(C)(c1ccccc1)c1ccccc1.Oc1ccc(C=CC=Cc2ccccc2)cc1. The first-order chi connectivity index (χ1) is 17.5. The number of carbonyl (C=O) groups excluding carboxylic acids is 1. The van der Waals surface area contributed by atoms with Crippen molar-refractivity contribution in [3.05, 3.63) is 162 Å². The Morgan fingerprint density at radius 3 is 1.56 bits per heavy atom. The van der Waals surface area contributed by atoms with Gasteiger partial charge >= 0.3 is 5.97 Å². The molecule has 4 aromatic carbocycles. The molecule has 0 atom stereocenters. The molecule has 0 bridgehead atoms. The highest BCUT2D eigenvalue weighted by Gasteiger charge is 2.32. The number of hydrogen-bond donors (Lipinski definition) is 1. The van der Waals surface area contributed by atoms with Gasteiger partial charge < -0.3 is 9.84 Å². The molecule has 3 heteroatoms. The van der Waals surface area contributed by atoms with Gasteiger partial charge in [-0.1, -0.05) is 134 Å². The summed E-state index contributed by atoms with van der Waals surface area (Å²) in [4.78, 5) is 11.6. The number of esters is 1. The second-order valence-corrected chi connectivity index (χ2v) is 8.11. The summed E-state index contributed by atoms with van der Waals surface area (Å²) in [6, 6.07) is 36.7. The highest BCUT2D eigenvalue weighted by atomic mass is 16.6. The number of carbonyl (C=O) groups is 1. The van der Waals surface area contributed by atoms with Crippen LogP contribution in [0.4, 0.5) is 0 Å². The van der Waals surface area contributed by atoms with Gasteiger partial charge in [-0.2, -0.15) is 0 Å². The van der Waals surface area contributed by atoms with Crippen LogP contribution in [0.15, 0.2) is 140 Å². The lowest BCUT2D eigenvalue weighted by atomic mass is 9.88. The fraction of sp³-hybridized carbons (Fsp3) is 0.0606. The normalized spacial score (nSPS) is 11.0. The molecule has 0 aliphatic carbocycles. The number of rotatable bonds is 7. The fourth-order valence-electron chi connectivity index (χ4n) is 3.52. The Kier molecular flexibility index (Phi) is 9.60. The fourth-order valence-corrected chi connectivity index (χ4v) is 3.52. The molecule has 0 radical (unpaired) electrons. The third-order valence-corrected chi connectivity index (χ3v) is 5.50. The zero-order valence-electron chi connectivity index (χ0n) is 20.3. The first kappa shape index (κ1) is 26.0. The summed E-state index contributed by atoms with van der Waals surface area (Å²) in [6.45, 7) is 5.35. The van der Waals surface area contributed by atoms with E-state index in [2.05, 4.69) is 24.8 Å². The van der Waals surface area contributed by atoms with E-state index in [-0.39, 0.29) is 0 Å². The van der Waals surface area contributed by atoms with Gasteiger partial charge in [-0.05, 0) is 41.3 Å². The minimum absolute atomic E-state index is 0.293. The molecule has 3 nitrogen and oxygen atoms in total. The molecule has 36 heavy (non-hydrogen) atoms. The van der Waals surface area contributed by atoms with Crippen molar-refractivity contribution in [3.8, 4) is 5.75 Å². The number of aromatic hydroxyl groups is 1. The van der Waals surface area contributed by atoms with Gasteiger partial charge in [-0.25, -0.2) is 4.79 Å². The topological polar surface area (TPSA) is 46.5 Å². The summed E-state index contributed by atoms with van der Waals surface area (Å²) in [7, 11) is 0. The van der Waals surface area contributed by atoms with Gasteiger partial charge in [0.1, 0.15) is 5.75 Å². The summed E-state index contributed by atoms with van der Waals surface area (Å²) in [5.41, 5.74) is 3.30. The molecule has 4 rings (SSSR count). The first-order valence-corrected chi connectivity index (χ1v) is 11.7. The molecule has 0 aliphatic rings. The van der Waals surface area contributed by atoms with Gasteiger partial charge in [0.05, 0.1) is 0 Å². The lowest BCUT2D eigenvalue weighted by Gasteiger charge is -2.30. The van der Waals surface area contributed by atoms with Crippen LogP contribution in [0.2, 0.25) is 0 Å². The van der Waals surface area contributed by atoms with E-state index in [4.69, 9.17) is 9.84 Å². The molecule has 0 fully saturated rings. The monoisotopic (exact) mass is 474 g/mol. The summed E-state index contributed by atoms with van der Waals surface area (Å²) in [6.07, 6.45) is 9.22. The predicted octanol–water partition coefficient (Wildman–Crippen LogP) is 7.80. The lowest BCUT2D eigenvalue weighted by molar-refractivity contribution is -0.149. The minimum atomic E-state index is -0.812. The largest absolute Gasteiger partial charge is 0.508 e. The van der Waals surface area contributed by atoms with Crippen molar-refractivity contribution < 1.29 is 14.6 Å². The minimum Gasteiger partial charge on any atom is -0.508 e. The number of hydrogen-bond acceptors (Lipinski definition) is 3. The van der Waals surface area contributed by atoms with Crippen LogP contribution < -0.4 is 0 Å². The Morgan fingerprint density at radius 2 is 1.11 bits per heavy atom. The van der Waals surface area contributed by atoms with Crippen LogP contribution in [0.1, 0.15) is 29.2 Å². The lowest BCUT2D eigenvalue weighted by Crippen LogP contribution is -2.29. The van der Waals surface area contributed by atoms with Gasteiger partial charge in [0.25, 0.3) is 0 Å². The number of ether oxygens (including phenoxy) is 1. The molecule has 4 aromatic rings. The zero-order chi connectivity index (χ0) is 25.6. The van der Waals surface area contributed by atoms with E-state index in [1.54, 1.807) is 12.1 Å². The van der Waals surface area contributed by atoms with E-state index in [9.17, 15) is 4.79 Å². The number of phenolic OH excluding ortho intramolecular Hbond substituents is 1. The smallest absolute Gasteiger partial charge is 0.331 e. The molecule has 0 unspecified atom stereocenters. The Labute approximate surface area is 213 Å². The molecular formula is C33H30O3. The summed E-state index contributed by atoms with van der Waals surface area (Å²) < 4.78 is 5.60. The van der Waals surface area contributed by atoms with Crippen LogP contribution in [-0.4, -0.2) is 11.1 Å². The van der Waals surface area contributed by atoms with Crippen LogP contribution in [-0.2, 0) is 15.1 Å². The standard InChI is InChI=1S/C17H16O2.C16H14O/c1-3-16(18)19-17(2,14-10-6-4-7-11-14)15-12-8-5-9-13-15;17-16-12-10-15(11-13-16)9-5-4-8-14-6-2-1-3-7-14/h3-13H,1H2,2H3;1-13,17H. The number of phenols is 1. The summed E-state index contributed by atoms with van der Waals surface area (Å²) in [5, 5.41) is 9.14. The first-order valence-electron chi connectivity index (χ1n) is 11.7. The molecule has 1 N–H and O–H groups in total. The van der Waals surface area contributed by atoms with E-state index >= 15 is 0 Å². The maximum Gasteiger partial charge on any atom is 0.331 e. The average molecular weight is 475 g/mol. The van der Waals surface area contributed by atoms with E-state index < -0.39 is 11.6 Å². The number of benzene rings is 4. The third-order valence-electron chi connectivity index (χ3n) is 5.50. The summed E-state index contributed by atoms with van der Waals surface area (Å²) >= 11 is 0. The van der Waals surface area contributed by atoms with E-state index in [0.717, 1.165) is 16.7 Å². The molecule has 0 heterocycles. The zero-order valence-corrected chi connectivity index (χ0v) is 20.3. The van der Waals surface area contributed by atoms with Crippen molar-refractivity contribution in [1.29, 1.82) is 0 Å². The van der Waals surface area contributed by atoms with E-state index in [1.807, 2.05) is 116 Å². The van der Waals surface area contributed by atoms with Gasteiger partial charge in [0, 0.05) is 6.08 Å². The van der Waals surface area contributed by atoms with Crippen LogP contribution in [0.5, 0.6) is 5.75 Å². The molecule has 180 valence electrons. The highest BCUT2D eigenvalue weighted by Crippen LogP contribution is 2.33. The molecule has 0 aliphatic heterocycles. The van der Waals surface area contributed by atoms with E-state index in [0.29, 0.717) is 5.75 Å². The molecule has 0 saturated heterocycles. The van der Waals surface area contributed by atoms with Crippen molar-refractivity contribution in [2.75, 3.05) is 0 Å². The third kappa shape index (κ3) is 7.71. The van der Waals surface area contributed by atoms with Crippen LogP contribution in [0, 0.1) is 0 Å². The average Bonchev–Trinajstić information content (AvgIpc) is 2.94. The van der Waals surface area contributed by atoms with Crippen LogP contribution >= 0.6 is 0 Å². The quantitative estimate of drug-likeness (QED) is 0.169. The van der Waals surface area contributed by atoms with Gasteiger partial charge in [0.2, 0.25) is 0 Å². The number of allylic oxidation sites excluding steroid dienone is 2. The van der Waals surface area contributed by atoms with Gasteiger partial charge in [-0.15, -0.1) is 0 Å². The molecule has 0 amide bonds. The maximum absolute atomic E-state index is 11.6. The van der Waals surface area contributed by atoms with Gasteiger partial charge in [-0.3, -0.25) is 0 Å². The Hall–Kier alpha value is -4.63. The van der Waals surface area contributed by atoms with Crippen molar-refractivity contribution in [1.82, 2.24) is 0 Å². The van der Waals surface area contributed by atoms with Crippen LogP contribution in [0.25, 0.3) is 12.2 Å². The van der Waals surface area contributed by atoms with Gasteiger partial charge in [0.15, 0.2) is 5.60 Å². The van der Waals surface area contributed by atoms with Crippen LogP contribution in [0.3, 0.4) is 0 Å². The second-order valence-electron chi connectivity index (χ2n) is 8.11. The molecule has 0 aromatic heterocycles. The molecular weight excluding hydrogens is 444 g/mol. The Balaban J connectivity index is 0.000000202. The summed E-state index contributed by atoms with van der Waals surface area (Å²) in [5.74, 6) is -0.141. The highest BCUT2D eigenvalue weighted by molar-refractivity contribution is 5.82. The predicted molar refractivity (Wildman–Crippen MR) is 148 cm³/mol. The molecule has 0 spiro atoms. The maximum atomic E-state index is 11.6. The van der Waals surface area contributed by atoms with Crippen molar-refractivity contribution in [2.24, 2.45) is 0 Å². The van der Waals surface area contributed by atoms with E-state index in [1.165, 1.54) is 11.6 Å². The second kappa shape index (κ2) is 13.3. The van der Waals surface area contributed by atoms with Crippen molar-refractivity contribution in [2.45, 2.75) is 12.5 Å². The molecule has 0 saturated carbocycles. The Morgan fingerprint density at radius 1 is 0.694 bits per heavy atom. The van der Waals surface area contributed by atoms with Crippen molar-refractivity contribution >= 4 is 18.1 Å². The Bertz CT molecular complexity index is 1230.